The second-order valence-corrected chi connectivity index (χ2v) is 7.25. The fraction of sp³-hybridized carbons (Fsp3) is 0.217. The molecule has 33 heavy (non-hydrogen) atoms. The third-order valence-corrected chi connectivity index (χ3v) is 5.00. The van der Waals surface area contributed by atoms with Gasteiger partial charge in [-0.2, -0.15) is 4.98 Å². The van der Waals surface area contributed by atoms with E-state index in [2.05, 4.69) is 25.4 Å². The maximum Gasteiger partial charge on any atom is 0.269 e. The number of nitro groups is 1. The number of rotatable bonds is 8. The number of nitrogens with zero attached hydrogens (tertiary/aromatic N) is 5. The zero-order valence-electron chi connectivity index (χ0n) is 18.3. The average molecular weight is 446 g/mol. The van der Waals surface area contributed by atoms with Crippen molar-refractivity contribution >= 4 is 11.5 Å². The number of ether oxygens (including phenoxy) is 1. The molecule has 1 N–H and O–H groups in total. The Morgan fingerprint density at radius 1 is 1.09 bits per heavy atom. The van der Waals surface area contributed by atoms with Crippen LogP contribution in [0.25, 0.3) is 22.8 Å². The van der Waals surface area contributed by atoms with Gasteiger partial charge in [0.1, 0.15) is 17.6 Å². The van der Waals surface area contributed by atoms with E-state index in [1.54, 1.807) is 19.2 Å². The van der Waals surface area contributed by atoms with Crippen molar-refractivity contribution in [2.45, 2.75) is 26.3 Å². The van der Waals surface area contributed by atoms with Crippen LogP contribution in [0.5, 0.6) is 5.75 Å². The molecule has 2 aromatic carbocycles. The van der Waals surface area contributed by atoms with E-state index in [9.17, 15) is 10.1 Å². The van der Waals surface area contributed by atoms with E-state index in [1.165, 1.54) is 12.1 Å². The second kappa shape index (κ2) is 9.43. The van der Waals surface area contributed by atoms with Gasteiger partial charge in [0.05, 0.1) is 17.6 Å². The van der Waals surface area contributed by atoms with Crippen molar-refractivity contribution in [2.24, 2.45) is 0 Å². The molecule has 0 saturated heterocycles. The molecule has 0 amide bonds. The maximum absolute atomic E-state index is 10.9. The lowest BCUT2D eigenvalue weighted by Crippen LogP contribution is -2.10. The topological polar surface area (TPSA) is 129 Å². The largest absolute Gasteiger partial charge is 0.496 e. The predicted octanol–water partition coefficient (Wildman–Crippen LogP) is 4.85. The van der Waals surface area contributed by atoms with Crippen LogP contribution in [0.2, 0.25) is 0 Å². The Morgan fingerprint density at radius 2 is 1.85 bits per heavy atom. The number of hydrogen-bond acceptors (Lipinski definition) is 9. The first-order chi connectivity index (χ1) is 16.0. The van der Waals surface area contributed by atoms with Crippen LogP contribution >= 0.6 is 0 Å². The number of benzene rings is 2. The Bertz CT molecular complexity index is 1270. The lowest BCUT2D eigenvalue weighted by Gasteiger charge is -2.13. The highest BCUT2D eigenvalue weighted by atomic mass is 16.6. The normalized spacial score (nSPS) is 11.7. The van der Waals surface area contributed by atoms with Gasteiger partial charge in [0.25, 0.3) is 5.69 Å². The second-order valence-electron chi connectivity index (χ2n) is 7.25. The molecule has 0 spiro atoms. The standard InChI is InChI=1S/C23H22N6O4/c1-4-16-13-20(26-21(25-16)15-9-11-17(12-10-15)29(30)31)24-14(2)23-27-22(28-33-23)18-7-5-6-8-19(18)32-3/h5-14H,4H2,1-3H3,(H,24,25,26)/t14-/m0/s1. The van der Waals surface area contributed by atoms with Gasteiger partial charge in [-0.15, -0.1) is 0 Å². The Kier molecular flexibility index (Phi) is 6.25. The van der Waals surface area contributed by atoms with Crippen molar-refractivity contribution in [3.63, 3.8) is 0 Å². The molecule has 168 valence electrons. The Labute approximate surface area is 189 Å². The fourth-order valence-corrected chi connectivity index (χ4v) is 3.25. The summed E-state index contributed by atoms with van der Waals surface area (Å²) in [5.74, 6) is 2.53. The number of methoxy groups -OCH3 is 1. The minimum Gasteiger partial charge on any atom is -0.496 e. The summed E-state index contributed by atoms with van der Waals surface area (Å²) in [5.41, 5.74) is 2.26. The average Bonchev–Trinajstić information content (AvgIpc) is 3.34. The molecule has 0 unspecified atom stereocenters. The van der Waals surface area contributed by atoms with E-state index in [0.717, 1.165) is 11.3 Å². The highest BCUT2D eigenvalue weighted by molar-refractivity contribution is 5.63. The summed E-state index contributed by atoms with van der Waals surface area (Å²) in [6.45, 7) is 3.88. The molecule has 0 fully saturated rings. The summed E-state index contributed by atoms with van der Waals surface area (Å²) in [4.78, 5) is 24.1. The van der Waals surface area contributed by atoms with Gasteiger partial charge in [-0.05, 0) is 37.6 Å². The van der Waals surface area contributed by atoms with Gasteiger partial charge < -0.3 is 14.6 Å². The van der Waals surface area contributed by atoms with Gasteiger partial charge in [-0.25, -0.2) is 9.97 Å². The summed E-state index contributed by atoms with van der Waals surface area (Å²) < 4.78 is 10.8. The van der Waals surface area contributed by atoms with Gasteiger partial charge in [0.15, 0.2) is 5.82 Å². The number of aryl methyl sites for hydroxylation is 1. The van der Waals surface area contributed by atoms with Crippen LogP contribution in [0.4, 0.5) is 11.5 Å². The van der Waals surface area contributed by atoms with Crippen LogP contribution in [0.15, 0.2) is 59.1 Å². The van der Waals surface area contributed by atoms with Crippen LogP contribution in [0, 0.1) is 10.1 Å². The highest BCUT2D eigenvalue weighted by Gasteiger charge is 2.18. The monoisotopic (exact) mass is 446 g/mol. The number of hydrogen-bond donors (Lipinski definition) is 1. The third-order valence-electron chi connectivity index (χ3n) is 5.00. The van der Waals surface area contributed by atoms with Crippen LogP contribution < -0.4 is 10.1 Å². The molecule has 10 nitrogen and oxygen atoms in total. The summed E-state index contributed by atoms with van der Waals surface area (Å²) in [6.07, 6.45) is 0.698. The summed E-state index contributed by atoms with van der Waals surface area (Å²) in [6, 6.07) is 15.1. The molecule has 1 atom stereocenters. The zero-order valence-corrected chi connectivity index (χ0v) is 18.3. The van der Waals surface area contributed by atoms with E-state index in [0.29, 0.717) is 41.1 Å². The number of nitrogens with one attached hydrogen (secondary N) is 1. The first-order valence-corrected chi connectivity index (χ1v) is 10.3. The van der Waals surface area contributed by atoms with Crippen molar-refractivity contribution < 1.29 is 14.2 Å². The maximum atomic E-state index is 10.9. The van der Waals surface area contributed by atoms with E-state index < -0.39 is 4.92 Å². The van der Waals surface area contributed by atoms with E-state index in [-0.39, 0.29) is 11.7 Å². The Balaban J connectivity index is 1.58. The minimum atomic E-state index is -0.439. The van der Waals surface area contributed by atoms with Crippen molar-refractivity contribution in [1.29, 1.82) is 0 Å². The van der Waals surface area contributed by atoms with Gasteiger partial charge in [-0.1, -0.05) is 24.2 Å². The first-order valence-electron chi connectivity index (χ1n) is 10.3. The van der Waals surface area contributed by atoms with Crippen LogP contribution in [-0.2, 0) is 6.42 Å². The molecule has 2 heterocycles. The van der Waals surface area contributed by atoms with Gasteiger partial charge in [0, 0.05) is 29.5 Å². The number of aromatic nitrogens is 4. The molecular formula is C23H22N6O4. The van der Waals surface area contributed by atoms with Crippen LogP contribution in [0.1, 0.15) is 31.5 Å². The van der Waals surface area contributed by atoms with E-state index in [4.69, 9.17) is 9.26 Å². The molecule has 4 aromatic rings. The van der Waals surface area contributed by atoms with Crippen molar-refractivity contribution in [3.05, 3.63) is 76.3 Å². The van der Waals surface area contributed by atoms with Crippen molar-refractivity contribution in [2.75, 3.05) is 12.4 Å². The quantitative estimate of drug-likeness (QED) is 0.298. The molecule has 0 aliphatic heterocycles. The molecule has 2 aromatic heterocycles. The van der Waals surface area contributed by atoms with Crippen LogP contribution in [-0.4, -0.2) is 32.1 Å². The molecule has 10 heteroatoms. The lowest BCUT2D eigenvalue weighted by atomic mass is 10.2. The van der Waals surface area contributed by atoms with Crippen LogP contribution in [0.3, 0.4) is 0 Å². The number of nitro benzene ring substituents is 1. The number of para-hydroxylation sites is 1. The summed E-state index contributed by atoms with van der Waals surface area (Å²) >= 11 is 0. The first kappa shape index (κ1) is 21.9. The Hall–Kier alpha value is -4.34. The lowest BCUT2D eigenvalue weighted by molar-refractivity contribution is -0.384. The summed E-state index contributed by atoms with van der Waals surface area (Å²) in [5, 5.41) is 18.3. The van der Waals surface area contributed by atoms with Crippen molar-refractivity contribution in [3.8, 4) is 28.5 Å². The molecule has 0 saturated carbocycles. The highest BCUT2D eigenvalue weighted by Crippen LogP contribution is 2.29. The molecular weight excluding hydrogens is 424 g/mol. The van der Waals surface area contributed by atoms with E-state index >= 15 is 0 Å². The number of anilines is 1. The SMILES string of the molecule is CCc1cc(N[C@@H](C)c2nc(-c3ccccc3OC)no2)nc(-c2ccc([N+](=O)[O-])cc2)n1. The van der Waals surface area contributed by atoms with Gasteiger partial charge in [-0.3, -0.25) is 10.1 Å². The Morgan fingerprint density at radius 3 is 2.55 bits per heavy atom. The summed E-state index contributed by atoms with van der Waals surface area (Å²) in [7, 11) is 1.59. The smallest absolute Gasteiger partial charge is 0.269 e. The molecule has 0 radical (unpaired) electrons. The minimum absolute atomic E-state index is 0.0135. The zero-order chi connectivity index (χ0) is 23.4. The predicted molar refractivity (Wildman–Crippen MR) is 122 cm³/mol. The fourth-order valence-electron chi connectivity index (χ4n) is 3.25. The molecule has 0 aliphatic carbocycles. The van der Waals surface area contributed by atoms with Crippen molar-refractivity contribution in [1.82, 2.24) is 20.1 Å². The van der Waals surface area contributed by atoms with Gasteiger partial charge >= 0.3 is 0 Å². The van der Waals surface area contributed by atoms with Gasteiger partial charge in [0.2, 0.25) is 11.7 Å². The third kappa shape index (κ3) is 4.79. The number of non-ortho nitro benzene ring substituents is 1. The molecule has 0 bridgehead atoms. The molecule has 4 rings (SSSR count). The van der Waals surface area contributed by atoms with E-state index in [1.807, 2.05) is 44.2 Å². The molecule has 0 aliphatic rings.